The minimum Gasteiger partial charge on any atom is -0.330 e. The van der Waals surface area contributed by atoms with Gasteiger partial charge in [0.2, 0.25) is 0 Å². The Hall–Kier alpha value is -0.890. The molecule has 0 aliphatic heterocycles. The number of halogens is 1. The first-order chi connectivity index (χ1) is 6.73. The number of nitrogens with two attached hydrogens (primary N) is 1. The zero-order valence-corrected chi connectivity index (χ0v) is 8.67. The third-order valence-corrected chi connectivity index (χ3v) is 2.48. The maximum atomic E-state index is 14.4. The molecule has 1 atom stereocenters. The van der Waals surface area contributed by atoms with E-state index in [1.165, 1.54) is 0 Å². The van der Waals surface area contributed by atoms with Crippen molar-refractivity contribution in [2.75, 3.05) is 6.54 Å². The Kier molecular flexibility index (Phi) is 4.08. The first-order valence-electron chi connectivity index (χ1n) is 5.17. The van der Waals surface area contributed by atoms with E-state index in [4.69, 9.17) is 5.73 Å². The van der Waals surface area contributed by atoms with E-state index in [1.54, 1.807) is 0 Å². The van der Waals surface area contributed by atoms with Crippen molar-refractivity contribution in [1.82, 2.24) is 0 Å². The van der Waals surface area contributed by atoms with Crippen LogP contribution in [-0.4, -0.2) is 6.54 Å². The molecule has 0 heterocycles. The summed E-state index contributed by atoms with van der Waals surface area (Å²) >= 11 is 0. The molecule has 0 radical (unpaired) electrons. The van der Waals surface area contributed by atoms with Crippen molar-refractivity contribution in [1.29, 1.82) is 0 Å². The van der Waals surface area contributed by atoms with Crippen LogP contribution < -0.4 is 5.73 Å². The summed E-state index contributed by atoms with van der Waals surface area (Å²) in [7, 11) is 0. The van der Waals surface area contributed by atoms with Crippen LogP contribution >= 0.6 is 0 Å². The minimum absolute atomic E-state index is 0.394. The average Bonchev–Trinajstić information content (AvgIpc) is 2.20. The zero-order valence-electron chi connectivity index (χ0n) is 8.67. The second-order valence-electron chi connectivity index (χ2n) is 3.62. The highest BCUT2D eigenvalue weighted by atomic mass is 19.1. The van der Waals surface area contributed by atoms with E-state index in [1.807, 2.05) is 37.3 Å². The van der Waals surface area contributed by atoms with Crippen LogP contribution in [0.5, 0.6) is 0 Å². The molecule has 14 heavy (non-hydrogen) atoms. The third kappa shape index (κ3) is 2.55. The summed E-state index contributed by atoms with van der Waals surface area (Å²) in [5.74, 6) is 0. The highest BCUT2D eigenvalue weighted by Crippen LogP contribution is 2.33. The van der Waals surface area contributed by atoms with Crippen LogP contribution in [0.4, 0.5) is 4.39 Å². The lowest BCUT2D eigenvalue weighted by Crippen LogP contribution is -2.23. The van der Waals surface area contributed by atoms with E-state index in [0.717, 1.165) is 12.0 Å². The zero-order chi connectivity index (χ0) is 10.4. The fourth-order valence-electron chi connectivity index (χ4n) is 1.78. The number of rotatable bonds is 5. The Balaban J connectivity index is 2.87. The van der Waals surface area contributed by atoms with Gasteiger partial charge in [-0.25, -0.2) is 4.39 Å². The molecule has 0 aliphatic carbocycles. The number of hydrogen-bond acceptors (Lipinski definition) is 1. The van der Waals surface area contributed by atoms with Gasteiger partial charge in [-0.1, -0.05) is 43.7 Å². The summed E-state index contributed by atoms with van der Waals surface area (Å²) in [4.78, 5) is 0. The number of benzene rings is 1. The van der Waals surface area contributed by atoms with E-state index in [2.05, 4.69) is 0 Å². The van der Waals surface area contributed by atoms with Crippen LogP contribution in [0.1, 0.15) is 31.7 Å². The molecular weight excluding hydrogens is 177 g/mol. The molecule has 78 valence electrons. The van der Waals surface area contributed by atoms with Gasteiger partial charge in [0, 0.05) is 0 Å². The van der Waals surface area contributed by atoms with E-state index >= 15 is 0 Å². The fraction of sp³-hybridized carbons (Fsp3) is 0.500. The predicted molar refractivity (Wildman–Crippen MR) is 57.8 cm³/mol. The monoisotopic (exact) mass is 195 g/mol. The molecule has 0 aromatic heterocycles. The van der Waals surface area contributed by atoms with Crippen LogP contribution in [0.15, 0.2) is 30.3 Å². The SMILES string of the molecule is CCCC(F)(CCN)c1ccccc1. The molecule has 0 bridgehead atoms. The summed E-state index contributed by atoms with van der Waals surface area (Å²) < 4.78 is 14.4. The van der Waals surface area contributed by atoms with Gasteiger partial charge in [-0.3, -0.25) is 0 Å². The molecule has 0 spiro atoms. The van der Waals surface area contributed by atoms with Crippen LogP contribution in [-0.2, 0) is 5.67 Å². The quantitative estimate of drug-likeness (QED) is 0.768. The smallest absolute Gasteiger partial charge is 0.137 e. The maximum Gasteiger partial charge on any atom is 0.137 e. The van der Waals surface area contributed by atoms with Crippen molar-refractivity contribution in [3.05, 3.63) is 35.9 Å². The average molecular weight is 195 g/mol. The van der Waals surface area contributed by atoms with Crippen molar-refractivity contribution in [2.45, 2.75) is 31.9 Å². The Morgan fingerprint density at radius 1 is 1.21 bits per heavy atom. The molecule has 1 rings (SSSR count). The maximum absolute atomic E-state index is 14.4. The van der Waals surface area contributed by atoms with Gasteiger partial charge in [-0.15, -0.1) is 0 Å². The van der Waals surface area contributed by atoms with Gasteiger partial charge in [0.25, 0.3) is 0 Å². The standard InChI is InChI=1S/C12H18FN/c1-2-8-12(13,9-10-14)11-6-4-3-5-7-11/h3-7H,2,8-10,14H2,1H3. The van der Waals surface area contributed by atoms with Gasteiger partial charge in [-0.2, -0.15) is 0 Å². The van der Waals surface area contributed by atoms with Gasteiger partial charge in [0.1, 0.15) is 5.67 Å². The highest BCUT2D eigenvalue weighted by molar-refractivity contribution is 5.22. The van der Waals surface area contributed by atoms with Crippen molar-refractivity contribution in [3.63, 3.8) is 0 Å². The van der Waals surface area contributed by atoms with E-state index in [0.29, 0.717) is 19.4 Å². The summed E-state index contributed by atoms with van der Waals surface area (Å²) in [5, 5.41) is 0. The lowest BCUT2D eigenvalue weighted by molar-refractivity contribution is 0.139. The van der Waals surface area contributed by atoms with Gasteiger partial charge < -0.3 is 5.73 Å². The lowest BCUT2D eigenvalue weighted by Gasteiger charge is -2.24. The van der Waals surface area contributed by atoms with Crippen molar-refractivity contribution < 1.29 is 4.39 Å². The van der Waals surface area contributed by atoms with Crippen LogP contribution in [0.3, 0.4) is 0 Å². The van der Waals surface area contributed by atoms with Crippen molar-refractivity contribution in [3.8, 4) is 0 Å². The first-order valence-corrected chi connectivity index (χ1v) is 5.17. The molecule has 0 aliphatic rings. The molecular formula is C12H18FN. The molecule has 0 fully saturated rings. The molecule has 0 saturated heterocycles. The summed E-state index contributed by atoms with van der Waals surface area (Å²) in [5.41, 5.74) is 4.97. The Labute approximate surface area is 85.1 Å². The first kappa shape index (κ1) is 11.2. The third-order valence-electron chi connectivity index (χ3n) is 2.48. The van der Waals surface area contributed by atoms with Crippen LogP contribution in [0.25, 0.3) is 0 Å². The van der Waals surface area contributed by atoms with Gasteiger partial charge in [0.15, 0.2) is 0 Å². The van der Waals surface area contributed by atoms with Crippen molar-refractivity contribution >= 4 is 0 Å². The van der Waals surface area contributed by atoms with E-state index < -0.39 is 5.67 Å². The van der Waals surface area contributed by atoms with Crippen LogP contribution in [0.2, 0.25) is 0 Å². The van der Waals surface area contributed by atoms with Crippen LogP contribution in [0, 0.1) is 0 Å². The second-order valence-corrected chi connectivity index (χ2v) is 3.62. The molecule has 1 aromatic rings. The largest absolute Gasteiger partial charge is 0.330 e. The number of hydrogen-bond donors (Lipinski definition) is 1. The molecule has 2 heteroatoms. The predicted octanol–water partition coefficient (Wildman–Crippen LogP) is 3.00. The fourth-order valence-corrected chi connectivity index (χ4v) is 1.78. The van der Waals surface area contributed by atoms with Gasteiger partial charge in [0.05, 0.1) is 0 Å². The summed E-state index contributed by atoms with van der Waals surface area (Å²) in [6.45, 7) is 2.39. The van der Waals surface area contributed by atoms with E-state index in [-0.39, 0.29) is 0 Å². The Morgan fingerprint density at radius 3 is 2.36 bits per heavy atom. The normalized spacial score (nSPS) is 15.1. The molecule has 1 unspecified atom stereocenters. The molecule has 0 amide bonds. The Morgan fingerprint density at radius 2 is 1.86 bits per heavy atom. The van der Waals surface area contributed by atoms with Gasteiger partial charge in [-0.05, 0) is 24.9 Å². The molecule has 1 aromatic carbocycles. The summed E-state index contributed by atoms with van der Waals surface area (Å²) in [6.07, 6.45) is 1.80. The van der Waals surface area contributed by atoms with E-state index in [9.17, 15) is 4.39 Å². The molecule has 2 N–H and O–H groups in total. The lowest BCUT2D eigenvalue weighted by atomic mass is 9.88. The molecule has 1 nitrogen and oxygen atoms in total. The highest BCUT2D eigenvalue weighted by Gasteiger charge is 2.29. The second kappa shape index (κ2) is 5.11. The summed E-state index contributed by atoms with van der Waals surface area (Å²) in [6, 6.07) is 9.32. The topological polar surface area (TPSA) is 26.0 Å². The van der Waals surface area contributed by atoms with Gasteiger partial charge >= 0.3 is 0 Å². The minimum atomic E-state index is -1.23. The number of alkyl halides is 1. The Bertz CT molecular complexity index is 252. The van der Waals surface area contributed by atoms with Crippen molar-refractivity contribution in [2.24, 2.45) is 5.73 Å². The molecule has 0 saturated carbocycles.